The predicted molar refractivity (Wildman–Crippen MR) is 67.1 cm³/mol. The third-order valence-electron chi connectivity index (χ3n) is 2.23. The first-order valence-electron chi connectivity index (χ1n) is 5.61. The van der Waals surface area contributed by atoms with Crippen LogP contribution in [0.1, 0.15) is 20.3 Å². The Balaban J connectivity index is 2.67. The average Bonchev–Trinajstić information content (AvgIpc) is 2.34. The second kappa shape index (κ2) is 6.67. The zero-order valence-electron chi connectivity index (χ0n) is 10.2. The van der Waals surface area contributed by atoms with E-state index in [0.717, 1.165) is 12.4 Å². The van der Waals surface area contributed by atoms with E-state index in [0.29, 0.717) is 18.9 Å². The van der Waals surface area contributed by atoms with Crippen LogP contribution in [0.3, 0.4) is 0 Å². The molecule has 0 unspecified atom stereocenters. The van der Waals surface area contributed by atoms with E-state index in [-0.39, 0.29) is 5.84 Å². The fourth-order valence-electron chi connectivity index (χ4n) is 1.49. The molecule has 0 atom stereocenters. The third-order valence-corrected chi connectivity index (χ3v) is 2.23. The first-order chi connectivity index (χ1) is 8.13. The summed E-state index contributed by atoms with van der Waals surface area (Å²) in [5.74, 6) is 1.54. The van der Waals surface area contributed by atoms with Gasteiger partial charge in [0.05, 0.1) is 6.20 Å². The zero-order chi connectivity index (χ0) is 12.7. The van der Waals surface area contributed by atoms with E-state index in [9.17, 15) is 0 Å². The van der Waals surface area contributed by atoms with Gasteiger partial charge < -0.3 is 15.8 Å². The number of nitrogens with two attached hydrogens (primary N) is 1. The second-order valence-electron chi connectivity index (χ2n) is 4.24. The number of anilines is 1. The molecule has 0 saturated carbocycles. The molecule has 1 rings (SSSR count). The van der Waals surface area contributed by atoms with E-state index >= 15 is 0 Å². The van der Waals surface area contributed by atoms with E-state index < -0.39 is 0 Å². The maximum atomic E-state index is 8.52. The largest absolute Gasteiger partial charge is 0.409 e. The van der Waals surface area contributed by atoms with Crippen molar-refractivity contribution in [3.05, 3.63) is 18.6 Å². The summed E-state index contributed by atoms with van der Waals surface area (Å²) in [6.07, 6.45) is 5.52. The molecule has 1 heterocycles. The van der Waals surface area contributed by atoms with Crippen LogP contribution in [0.5, 0.6) is 0 Å². The average molecular weight is 237 g/mol. The van der Waals surface area contributed by atoms with Crippen LogP contribution in [0.4, 0.5) is 5.82 Å². The van der Waals surface area contributed by atoms with E-state index in [1.54, 1.807) is 18.6 Å². The van der Waals surface area contributed by atoms with Crippen LogP contribution < -0.4 is 10.6 Å². The van der Waals surface area contributed by atoms with Crippen LogP contribution in [-0.4, -0.2) is 34.1 Å². The number of hydrogen-bond acceptors (Lipinski definition) is 5. The van der Waals surface area contributed by atoms with Gasteiger partial charge in [-0.05, 0) is 5.92 Å². The Morgan fingerprint density at radius 2 is 2.29 bits per heavy atom. The summed E-state index contributed by atoms with van der Waals surface area (Å²) in [5.41, 5.74) is 5.47. The van der Waals surface area contributed by atoms with Crippen molar-refractivity contribution in [2.75, 3.05) is 18.0 Å². The van der Waals surface area contributed by atoms with Gasteiger partial charge in [0.25, 0.3) is 0 Å². The smallest absolute Gasteiger partial charge is 0.147 e. The summed E-state index contributed by atoms with van der Waals surface area (Å²) in [5, 5.41) is 11.5. The highest BCUT2D eigenvalue weighted by molar-refractivity contribution is 5.80. The molecule has 6 nitrogen and oxygen atoms in total. The minimum atomic E-state index is 0.225. The SMILES string of the molecule is CC(C)CN(CCC(N)=NO)c1cnccn1. The van der Waals surface area contributed by atoms with Crippen molar-refractivity contribution >= 4 is 11.7 Å². The normalized spacial score (nSPS) is 11.8. The molecule has 17 heavy (non-hydrogen) atoms. The Morgan fingerprint density at radius 3 is 2.82 bits per heavy atom. The van der Waals surface area contributed by atoms with Crippen LogP contribution in [0, 0.1) is 5.92 Å². The lowest BCUT2D eigenvalue weighted by atomic mass is 10.2. The molecule has 94 valence electrons. The van der Waals surface area contributed by atoms with Crippen LogP contribution in [0.25, 0.3) is 0 Å². The Bertz CT molecular complexity index is 352. The van der Waals surface area contributed by atoms with Crippen molar-refractivity contribution in [1.82, 2.24) is 9.97 Å². The standard InChI is InChI=1S/C11H19N5O/c1-9(2)8-16(6-3-10(12)15-17)11-7-13-4-5-14-11/h4-5,7,9,17H,3,6,8H2,1-2H3,(H2,12,15). The van der Waals surface area contributed by atoms with Gasteiger partial charge in [-0.15, -0.1) is 0 Å². The maximum absolute atomic E-state index is 8.52. The van der Waals surface area contributed by atoms with E-state index in [1.807, 2.05) is 0 Å². The Labute approximate surface area is 101 Å². The Kier molecular flexibility index (Phi) is 5.19. The first-order valence-corrected chi connectivity index (χ1v) is 5.61. The predicted octanol–water partition coefficient (Wildman–Crippen LogP) is 1.08. The zero-order valence-corrected chi connectivity index (χ0v) is 10.2. The molecule has 1 aromatic heterocycles. The molecule has 0 bridgehead atoms. The highest BCUT2D eigenvalue weighted by Gasteiger charge is 2.10. The molecule has 0 aliphatic rings. The summed E-state index contributed by atoms with van der Waals surface area (Å²) in [6.45, 7) is 5.78. The lowest BCUT2D eigenvalue weighted by Gasteiger charge is -2.24. The number of hydrogen-bond donors (Lipinski definition) is 2. The quantitative estimate of drug-likeness (QED) is 0.334. The van der Waals surface area contributed by atoms with Gasteiger partial charge in [-0.3, -0.25) is 4.98 Å². The molecule has 0 amide bonds. The molecule has 0 saturated heterocycles. The molecule has 0 fully saturated rings. The number of oxime groups is 1. The van der Waals surface area contributed by atoms with E-state index in [4.69, 9.17) is 10.9 Å². The van der Waals surface area contributed by atoms with E-state index in [2.05, 4.69) is 33.9 Å². The lowest BCUT2D eigenvalue weighted by Crippen LogP contribution is -2.32. The molecule has 1 aromatic rings. The highest BCUT2D eigenvalue weighted by Crippen LogP contribution is 2.11. The topological polar surface area (TPSA) is 87.6 Å². The van der Waals surface area contributed by atoms with Gasteiger partial charge in [0, 0.05) is 31.9 Å². The summed E-state index contributed by atoms with van der Waals surface area (Å²) < 4.78 is 0. The molecular formula is C11H19N5O. The molecular weight excluding hydrogens is 218 g/mol. The van der Waals surface area contributed by atoms with Crippen LogP contribution in [-0.2, 0) is 0 Å². The number of rotatable bonds is 6. The first kappa shape index (κ1) is 13.2. The number of aromatic nitrogens is 2. The van der Waals surface area contributed by atoms with Gasteiger partial charge in [-0.2, -0.15) is 0 Å². The summed E-state index contributed by atoms with van der Waals surface area (Å²) in [7, 11) is 0. The van der Waals surface area contributed by atoms with Gasteiger partial charge in [0.15, 0.2) is 0 Å². The van der Waals surface area contributed by atoms with Crippen molar-refractivity contribution in [1.29, 1.82) is 0 Å². The van der Waals surface area contributed by atoms with Crippen molar-refractivity contribution in [2.45, 2.75) is 20.3 Å². The third kappa shape index (κ3) is 4.67. The van der Waals surface area contributed by atoms with Crippen LogP contribution >= 0.6 is 0 Å². The second-order valence-corrected chi connectivity index (χ2v) is 4.24. The molecule has 0 aliphatic heterocycles. The molecule has 3 N–H and O–H groups in total. The monoisotopic (exact) mass is 237 g/mol. The summed E-state index contributed by atoms with van der Waals surface area (Å²) in [4.78, 5) is 10.4. The minimum absolute atomic E-state index is 0.225. The van der Waals surface area contributed by atoms with Gasteiger partial charge >= 0.3 is 0 Å². The van der Waals surface area contributed by atoms with Gasteiger partial charge in [0.2, 0.25) is 0 Å². The Hall–Kier alpha value is -1.85. The van der Waals surface area contributed by atoms with Gasteiger partial charge in [-0.1, -0.05) is 19.0 Å². The van der Waals surface area contributed by atoms with E-state index in [1.165, 1.54) is 0 Å². The van der Waals surface area contributed by atoms with Crippen LogP contribution in [0.15, 0.2) is 23.7 Å². The van der Waals surface area contributed by atoms with Crippen molar-refractivity contribution in [3.8, 4) is 0 Å². The maximum Gasteiger partial charge on any atom is 0.147 e. The number of nitrogens with zero attached hydrogens (tertiary/aromatic N) is 4. The van der Waals surface area contributed by atoms with Crippen LogP contribution in [0.2, 0.25) is 0 Å². The van der Waals surface area contributed by atoms with Crippen molar-refractivity contribution < 1.29 is 5.21 Å². The fraction of sp³-hybridized carbons (Fsp3) is 0.545. The molecule has 0 spiro atoms. The van der Waals surface area contributed by atoms with Gasteiger partial charge in [-0.25, -0.2) is 4.98 Å². The Morgan fingerprint density at radius 1 is 1.53 bits per heavy atom. The molecule has 0 aromatic carbocycles. The number of amidine groups is 1. The minimum Gasteiger partial charge on any atom is -0.409 e. The molecule has 6 heteroatoms. The molecule has 0 aliphatic carbocycles. The molecule has 0 radical (unpaired) electrons. The highest BCUT2D eigenvalue weighted by atomic mass is 16.4. The van der Waals surface area contributed by atoms with Crippen molar-refractivity contribution in [3.63, 3.8) is 0 Å². The van der Waals surface area contributed by atoms with Gasteiger partial charge in [0.1, 0.15) is 11.7 Å². The fourth-order valence-corrected chi connectivity index (χ4v) is 1.49. The lowest BCUT2D eigenvalue weighted by molar-refractivity contribution is 0.317. The summed E-state index contributed by atoms with van der Waals surface area (Å²) in [6, 6.07) is 0. The summed E-state index contributed by atoms with van der Waals surface area (Å²) >= 11 is 0. The van der Waals surface area contributed by atoms with Crippen molar-refractivity contribution in [2.24, 2.45) is 16.8 Å².